The predicted octanol–water partition coefficient (Wildman–Crippen LogP) is 3.58. The maximum absolute atomic E-state index is 13.4. The van der Waals surface area contributed by atoms with Crippen molar-refractivity contribution in [2.24, 2.45) is 0 Å². The Morgan fingerprint density at radius 1 is 0.872 bits per heavy atom. The van der Waals surface area contributed by atoms with Gasteiger partial charge < -0.3 is 14.4 Å². The summed E-state index contributed by atoms with van der Waals surface area (Å²) in [7, 11) is -0.613. The Morgan fingerprint density at radius 2 is 1.59 bits per heavy atom. The number of ether oxygens (including phenoxy) is 2. The van der Waals surface area contributed by atoms with Crippen molar-refractivity contribution in [3.8, 4) is 11.5 Å². The minimum atomic E-state index is -3.72. The molecule has 1 aliphatic rings. The topological polar surface area (TPSA) is 102 Å². The third-order valence-electron chi connectivity index (χ3n) is 6.91. The van der Waals surface area contributed by atoms with E-state index in [0.717, 1.165) is 16.8 Å². The number of pyridine rings is 2. The van der Waals surface area contributed by atoms with Gasteiger partial charge in [0.05, 0.1) is 36.1 Å². The summed E-state index contributed by atoms with van der Waals surface area (Å²) in [6.45, 7) is 3.20. The standard InChI is InChI=1S/C29H30N4O5S/c1-37-25-8-5-12-30-24(25)19-32-14-16-33(17-15-32)29(34)22-10-11-23(26(18-22)38-2)20-39(35,36)27-9-3-6-21-7-4-13-31-28(21)27/h3-13,18H,14-17,19-20H2,1-2H3. The first-order chi connectivity index (χ1) is 18.9. The summed E-state index contributed by atoms with van der Waals surface area (Å²) < 4.78 is 37.7. The summed E-state index contributed by atoms with van der Waals surface area (Å²) >= 11 is 0. The Hall–Kier alpha value is -4.02. The lowest BCUT2D eigenvalue weighted by Gasteiger charge is -2.34. The van der Waals surface area contributed by atoms with Crippen molar-refractivity contribution in [2.75, 3.05) is 40.4 Å². The number of hydrogen-bond donors (Lipinski definition) is 0. The minimum absolute atomic E-state index is 0.115. The van der Waals surface area contributed by atoms with E-state index in [1.165, 1.54) is 7.11 Å². The van der Waals surface area contributed by atoms with Crippen molar-refractivity contribution >= 4 is 26.6 Å². The first kappa shape index (κ1) is 26.6. The van der Waals surface area contributed by atoms with Crippen molar-refractivity contribution in [3.05, 3.63) is 89.9 Å². The first-order valence-electron chi connectivity index (χ1n) is 12.6. The van der Waals surface area contributed by atoms with Crippen LogP contribution in [-0.4, -0.2) is 74.5 Å². The van der Waals surface area contributed by atoms with Gasteiger partial charge in [0.1, 0.15) is 11.5 Å². The highest BCUT2D eigenvalue weighted by atomic mass is 32.2. The van der Waals surface area contributed by atoms with Crippen molar-refractivity contribution < 1.29 is 22.7 Å². The molecular weight excluding hydrogens is 516 g/mol. The lowest BCUT2D eigenvalue weighted by Crippen LogP contribution is -2.48. The molecule has 2 aromatic carbocycles. The summed E-state index contributed by atoms with van der Waals surface area (Å²) in [5, 5.41) is 0.755. The molecule has 0 bridgehead atoms. The van der Waals surface area contributed by atoms with Gasteiger partial charge in [-0.3, -0.25) is 19.7 Å². The van der Waals surface area contributed by atoms with E-state index >= 15 is 0 Å². The maximum atomic E-state index is 13.4. The summed E-state index contributed by atoms with van der Waals surface area (Å²) in [5.41, 5.74) is 2.25. The van der Waals surface area contributed by atoms with Crippen LogP contribution in [0.25, 0.3) is 10.9 Å². The van der Waals surface area contributed by atoms with Crippen LogP contribution in [0.5, 0.6) is 11.5 Å². The number of methoxy groups -OCH3 is 2. The second kappa shape index (κ2) is 11.4. The smallest absolute Gasteiger partial charge is 0.254 e. The van der Waals surface area contributed by atoms with E-state index in [0.29, 0.717) is 55.1 Å². The van der Waals surface area contributed by atoms with Gasteiger partial charge in [-0.2, -0.15) is 0 Å². The van der Waals surface area contributed by atoms with Crippen LogP contribution in [0.3, 0.4) is 0 Å². The number of hydrogen-bond acceptors (Lipinski definition) is 8. The van der Waals surface area contributed by atoms with Gasteiger partial charge in [0.25, 0.3) is 5.91 Å². The lowest BCUT2D eigenvalue weighted by atomic mass is 10.1. The molecule has 202 valence electrons. The normalized spacial score (nSPS) is 14.4. The van der Waals surface area contributed by atoms with Crippen molar-refractivity contribution in [3.63, 3.8) is 0 Å². The number of amides is 1. The van der Waals surface area contributed by atoms with Crippen LogP contribution in [0.15, 0.2) is 78.0 Å². The number of sulfone groups is 1. The summed E-state index contributed by atoms with van der Waals surface area (Å²) in [4.78, 5) is 26.2. The largest absolute Gasteiger partial charge is 0.496 e. The number of carbonyl (C=O) groups excluding carboxylic acids is 1. The number of para-hydroxylation sites is 1. The van der Waals surface area contributed by atoms with Crippen LogP contribution in [-0.2, 0) is 22.1 Å². The second-order valence-electron chi connectivity index (χ2n) is 9.34. The number of fused-ring (bicyclic) bond motifs is 1. The first-order valence-corrected chi connectivity index (χ1v) is 14.3. The van der Waals surface area contributed by atoms with Crippen LogP contribution in [0, 0.1) is 0 Å². The molecule has 0 unspecified atom stereocenters. The molecular formula is C29H30N4O5S. The average Bonchev–Trinajstić information content (AvgIpc) is 2.97. The molecule has 5 rings (SSSR count). The van der Waals surface area contributed by atoms with Gasteiger partial charge in [0.2, 0.25) is 0 Å². The van der Waals surface area contributed by atoms with Crippen LogP contribution in [0.1, 0.15) is 21.6 Å². The van der Waals surface area contributed by atoms with Crippen molar-refractivity contribution in [1.29, 1.82) is 0 Å². The van der Waals surface area contributed by atoms with E-state index < -0.39 is 9.84 Å². The van der Waals surface area contributed by atoms with Gasteiger partial charge in [-0.1, -0.05) is 24.3 Å². The molecule has 0 aliphatic carbocycles. The number of aromatic nitrogens is 2. The van der Waals surface area contributed by atoms with E-state index in [4.69, 9.17) is 9.47 Å². The average molecular weight is 547 g/mol. The van der Waals surface area contributed by atoms with Crippen LogP contribution < -0.4 is 9.47 Å². The monoisotopic (exact) mass is 546 g/mol. The highest BCUT2D eigenvalue weighted by molar-refractivity contribution is 7.90. The Morgan fingerprint density at radius 3 is 2.36 bits per heavy atom. The van der Waals surface area contributed by atoms with Crippen molar-refractivity contribution in [1.82, 2.24) is 19.8 Å². The molecule has 0 atom stereocenters. The molecule has 1 saturated heterocycles. The Kier molecular flexibility index (Phi) is 7.76. The molecule has 9 nitrogen and oxygen atoms in total. The molecule has 0 radical (unpaired) electrons. The maximum Gasteiger partial charge on any atom is 0.254 e. The van der Waals surface area contributed by atoms with Gasteiger partial charge in [-0.15, -0.1) is 0 Å². The van der Waals surface area contributed by atoms with E-state index in [-0.39, 0.29) is 16.6 Å². The zero-order valence-corrected chi connectivity index (χ0v) is 22.7. The molecule has 1 aliphatic heterocycles. The van der Waals surface area contributed by atoms with Crippen molar-refractivity contribution in [2.45, 2.75) is 17.2 Å². The Labute approximate surface area is 227 Å². The van der Waals surface area contributed by atoms with Gasteiger partial charge in [-0.05, 0) is 36.4 Å². The lowest BCUT2D eigenvalue weighted by molar-refractivity contribution is 0.0625. The third-order valence-corrected chi connectivity index (χ3v) is 8.60. The minimum Gasteiger partial charge on any atom is -0.496 e. The number of carbonyl (C=O) groups is 1. The molecule has 39 heavy (non-hydrogen) atoms. The number of nitrogens with zero attached hydrogens (tertiary/aromatic N) is 4. The fourth-order valence-corrected chi connectivity index (χ4v) is 6.39. The quantitative estimate of drug-likeness (QED) is 0.331. The molecule has 0 N–H and O–H groups in total. The fourth-order valence-electron chi connectivity index (χ4n) is 4.84. The fraction of sp³-hybridized carbons (Fsp3) is 0.276. The van der Waals surface area contributed by atoms with E-state index in [1.807, 2.05) is 24.3 Å². The molecule has 0 saturated carbocycles. The predicted molar refractivity (Wildman–Crippen MR) is 148 cm³/mol. The summed E-state index contributed by atoms with van der Waals surface area (Å²) in [6.07, 6.45) is 3.33. The number of benzene rings is 2. The zero-order chi connectivity index (χ0) is 27.4. The van der Waals surface area contributed by atoms with Crippen LogP contribution in [0.2, 0.25) is 0 Å². The molecule has 1 amide bonds. The molecule has 3 heterocycles. The third kappa shape index (κ3) is 5.71. The summed E-state index contributed by atoms with van der Waals surface area (Å²) in [5.74, 6) is 0.729. The summed E-state index contributed by atoms with van der Waals surface area (Å²) in [6, 6.07) is 17.4. The Bertz CT molecular complexity index is 1600. The highest BCUT2D eigenvalue weighted by Gasteiger charge is 2.25. The molecule has 4 aromatic rings. The second-order valence-corrected chi connectivity index (χ2v) is 11.3. The van der Waals surface area contributed by atoms with Gasteiger partial charge >= 0.3 is 0 Å². The van der Waals surface area contributed by atoms with Gasteiger partial charge in [0.15, 0.2) is 9.84 Å². The SMILES string of the molecule is COc1cc(C(=O)N2CCN(Cc3ncccc3OC)CC2)ccc1CS(=O)(=O)c1cccc2cccnc12. The molecule has 2 aromatic heterocycles. The van der Waals surface area contributed by atoms with Crippen LogP contribution >= 0.6 is 0 Å². The highest BCUT2D eigenvalue weighted by Crippen LogP contribution is 2.29. The molecule has 0 spiro atoms. The Balaban J connectivity index is 1.28. The number of rotatable bonds is 8. The molecule has 1 fully saturated rings. The molecule has 10 heteroatoms. The zero-order valence-electron chi connectivity index (χ0n) is 21.9. The van der Waals surface area contributed by atoms with Gasteiger partial charge in [0, 0.05) is 61.6 Å². The van der Waals surface area contributed by atoms with Crippen LogP contribution in [0.4, 0.5) is 0 Å². The van der Waals surface area contributed by atoms with E-state index in [1.54, 1.807) is 60.8 Å². The van der Waals surface area contributed by atoms with Gasteiger partial charge in [-0.25, -0.2) is 8.42 Å². The van der Waals surface area contributed by atoms with E-state index in [9.17, 15) is 13.2 Å². The number of piperazine rings is 1. The van der Waals surface area contributed by atoms with E-state index in [2.05, 4.69) is 14.9 Å².